The maximum Gasteiger partial charge on any atom is 0.291 e. The van der Waals surface area contributed by atoms with E-state index in [0.717, 1.165) is 10.0 Å². The monoisotopic (exact) mass is 478 g/mol. The van der Waals surface area contributed by atoms with Gasteiger partial charge in [0.2, 0.25) is 5.76 Å². The molecule has 7 nitrogen and oxygen atoms in total. The number of carbonyl (C=O) groups is 1. The number of ether oxygens (including phenoxy) is 1. The van der Waals surface area contributed by atoms with Crippen LogP contribution in [0.5, 0.6) is 0 Å². The number of hydrogen-bond donors (Lipinski definition) is 1. The Labute approximate surface area is 176 Å². The molecule has 9 heteroatoms. The van der Waals surface area contributed by atoms with Crippen molar-refractivity contribution in [1.29, 1.82) is 0 Å². The van der Waals surface area contributed by atoms with E-state index in [1.54, 1.807) is 41.3 Å². The molecule has 1 aromatic heterocycles. The SMILES string of the molecule is Cc1cc(S(=O)(=O)Nc2c(C(=O)N3CCOCC3)oc3ccccc23)ccc1Br. The van der Waals surface area contributed by atoms with Gasteiger partial charge in [0.05, 0.1) is 18.1 Å². The molecule has 0 aliphatic carbocycles. The maximum absolute atomic E-state index is 13.0. The number of fused-ring (bicyclic) bond motifs is 1. The zero-order chi connectivity index (χ0) is 20.6. The molecule has 29 heavy (non-hydrogen) atoms. The fraction of sp³-hybridized carbons (Fsp3) is 0.250. The van der Waals surface area contributed by atoms with Gasteiger partial charge in [0.15, 0.2) is 0 Å². The molecule has 0 spiro atoms. The number of nitrogens with zero attached hydrogens (tertiary/aromatic N) is 1. The van der Waals surface area contributed by atoms with Gasteiger partial charge in [-0.2, -0.15) is 0 Å². The van der Waals surface area contributed by atoms with Gasteiger partial charge in [0, 0.05) is 22.9 Å². The topological polar surface area (TPSA) is 88.9 Å². The third-order valence-corrected chi connectivity index (χ3v) is 7.00. The fourth-order valence-electron chi connectivity index (χ4n) is 3.19. The highest BCUT2D eigenvalue weighted by Crippen LogP contribution is 2.34. The first kappa shape index (κ1) is 19.9. The third-order valence-electron chi connectivity index (χ3n) is 4.76. The van der Waals surface area contributed by atoms with Crippen molar-refractivity contribution in [2.24, 2.45) is 0 Å². The molecule has 2 heterocycles. The quantitative estimate of drug-likeness (QED) is 0.616. The van der Waals surface area contributed by atoms with Crippen molar-refractivity contribution in [3.63, 3.8) is 0 Å². The molecular formula is C20H19BrN2O5S. The van der Waals surface area contributed by atoms with E-state index in [4.69, 9.17) is 9.15 Å². The van der Waals surface area contributed by atoms with Crippen molar-refractivity contribution in [3.05, 3.63) is 58.3 Å². The van der Waals surface area contributed by atoms with Crippen LogP contribution in [0.15, 0.2) is 56.2 Å². The number of nitrogens with one attached hydrogen (secondary N) is 1. The summed E-state index contributed by atoms with van der Waals surface area (Å²) in [5, 5.41) is 0.529. The summed E-state index contributed by atoms with van der Waals surface area (Å²) < 4.78 is 40.5. The predicted molar refractivity (Wildman–Crippen MR) is 113 cm³/mol. The van der Waals surface area contributed by atoms with Crippen LogP contribution >= 0.6 is 15.9 Å². The second kappa shape index (κ2) is 7.81. The fourth-order valence-corrected chi connectivity index (χ4v) is 4.60. The number of carbonyl (C=O) groups excluding carboxylic acids is 1. The van der Waals surface area contributed by atoms with Gasteiger partial charge in [-0.3, -0.25) is 9.52 Å². The van der Waals surface area contributed by atoms with Gasteiger partial charge in [-0.15, -0.1) is 0 Å². The Morgan fingerprint density at radius 1 is 1.14 bits per heavy atom. The van der Waals surface area contributed by atoms with E-state index < -0.39 is 10.0 Å². The second-order valence-electron chi connectivity index (χ2n) is 6.72. The minimum atomic E-state index is -3.93. The van der Waals surface area contributed by atoms with Crippen LogP contribution in [0.25, 0.3) is 11.0 Å². The number of furan rings is 1. The van der Waals surface area contributed by atoms with Gasteiger partial charge < -0.3 is 14.1 Å². The molecule has 1 amide bonds. The van der Waals surface area contributed by atoms with Crippen LogP contribution in [0.1, 0.15) is 16.1 Å². The van der Waals surface area contributed by atoms with Crippen molar-refractivity contribution in [3.8, 4) is 0 Å². The molecule has 3 aromatic rings. The summed E-state index contributed by atoms with van der Waals surface area (Å²) in [6, 6.07) is 11.7. The van der Waals surface area contributed by atoms with Crippen LogP contribution in [0.2, 0.25) is 0 Å². The van der Waals surface area contributed by atoms with Gasteiger partial charge in [0.25, 0.3) is 15.9 Å². The first-order chi connectivity index (χ1) is 13.9. The number of para-hydroxylation sites is 1. The Balaban J connectivity index is 1.77. The number of hydrogen-bond acceptors (Lipinski definition) is 5. The first-order valence-corrected chi connectivity index (χ1v) is 11.3. The van der Waals surface area contributed by atoms with Gasteiger partial charge in [-0.25, -0.2) is 8.42 Å². The highest BCUT2D eigenvalue weighted by Gasteiger charge is 2.29. The lowest BCUT2D eigenvalue weighted by molar-refractivity contribution is 0.0285. The van der Waals surface area contributed by atoms with Crippen molar-refractivity contribution in [1.82, 2.24) is 4.90 Å². The van der Waals surface area contributed by atoms with E-state index in [0.29, 0.717) is 37.3 Å². The van der Waals surface area contributed by atoms with E-state index in [9.17, 15) is 13.2 Å². The van der Waals surface area contributed by atoms with Crippen LogP contribution < -0.4 is 4.72 Å². The lowest BCUT2D eigenvalue weighted by Gasteiger charge is -2.26. The van der Waals surface area contributed by atoms with Crippen LogP contribution in [0, 0.1) is 6.92 Å². The highest BCUT2D eigenvalue weighted by atomic mass is 79.9. The third kappa shape index (κ3) is 3.90. The van der Waals surface area contributed by atoms with Gasteiger partial charge in [0.1, 0.15) is 11.3 Å². The van der Waals surface area contributed by atoms with Gasteiger partial charge >= 0.3 is 0 Å². The Morgan fingerprint density at radius 3 is 2.59 bits per heavy atom. The molecule has 1 N–H and O–H groups in total. The highest BCUT2D eigenvalue weighted by molar-refractivity contribution is 9.10. The largest absolute Gasteiger partial charge is 0.449 e. The molecule has 0 radical (unpaired) electrons. The Kier molecular flexibility index (Phi) is 5.37. The minimum absolute atomic E-state index is 0.0227. The zero-order valence-corrected chi connectivity index (χ0v) is 18.0. The molecular weight excluding hydrogens is 460 g/mol. The van der Waals surface area contributed by atoms with E-state index >= 15 is 0 Å². The predicted octanol–water partition coefficient (Wildman–Crippen LogP) is 3.78. The molecule has 1 aliphatic rings. The summed E-state index contributed by atoms with van der Waals surface area (Å²) in [5.74, 6) is -0.389. The Morgan fingerprint density at radius 2 is 1.86 bits per heavy atom. The molecule has 152 valence electrons. The average molecular weight is 479 g/mol. The number of halogens is 1. The zero-order valence-electron chi connectivity index (χ0n) is 15.6. The number of amides is 1. The van der Waals surface area contributed by atoms with Crippen LogP contribution in [-0.4, -0.2) is 45.5 Å². The Hall–Kier alpha value is -2.36. The molecule has 1 saturated heterocycles. The molecule has 0 unspecified atom stereocenters. The van der Waals surface area contributed by atoms with E-state index in [2.05, 4.69) is 20.7 Å². The number of aryl methyl sites for hydroxylation is 1. The molecule has 4 rings (SSSR count). The van der Waals surface area contributed by atoms with Gasteiger partial charge in [-0.05, 0) is 42.8 Å². The number of sulfonamides is 1. The van der Waals surface area contributed by atoms with Crippen LogP contribution in [0.4, 0.5) is 5.69 Å². The first-order valence-electron chi connectivity index (χ1n) is 9.04. The molecule has 1 fully saturated rings. The number of benzene rings is 2. The molecule has 1 aliphatic heterocycles. The van der Waals surface area contributed by atoms with Crippen molar-refractivity contribution in [2.45, 2.75) is 11.8 Å². The second-order valence-corrected chi connectivity index (χ2v) is 9.26. The minimum Gasteiger partial charge on any atom is -0.449 e. The summed E-state index contributed by atoms with van der Waals surface area (Å²) in [7, 11) is -3.93. The molecule has 2 aromatic carbocycles. The van der Waals surface area contributed by atoms with Crippen molar-refractivity contribution < 1.29 is 22.4 Å². The lowest BCUT2D eigenvalue weighted by Crippen LogP contribution is -2.40. The number of anilines is 1. The van der Waals surface area contributed by atoms with Crippen LogP contribution in [-0.2, 0) is 14.8 Å². The van der Waals surface area contributed by atoms with Gasteiger partial charge in [-0.1, -0.05) is 28.1 Å². The summed E-state index contributed by atoms with van der Waals surface area (Å²) in [6.07, 6.45) is 0. The number of morpholine rings is 1. The normalized spacial score (nSPS) is 14.9. The molecule has 0 bridgehead atoms. The number of rotatable bonds is 4. The van der Waals surface area contributed by atoms with Crippen molar-refractivity contribution in [2.75, 3.05) is 31.0 Å². The standard InChI is InChI=1S/C20H19BrN2O5S/c1-13-12-14(6-7-16(13)21)29(25,26)22-18-15-4-2-3-5-17(15)28-19(18)20(24)23-8-10-27-11-9-23/h2-7,12,22H,8-11H2,1H3. The van der Waals surface area contributed by atoms with E-state index in [1.807, 2.05) is 6.92 Å². The molecule has 0 atom stereocenters. The summed E-state index contributed by atoms with van der Waals surface area (Å²) in [5.41, 5.74) is 1.38. The van der Waals surface area contributed by atoms with Crippen LogP contribution in [0.3, 0.4) is 0 Å². The summed E-state index contributed by atoms with van der Waals surface area (Å²) >= 11 is 3.37. The Bertz CT molecular complexity index is 1180. The maximum atomic E-state index is 13.0. The summed E-state index contributed by atoms with van der Waals surface area (Å²) in [6.45, 7) is 3.53. The molecule has 0 saturated carbocycles. The smallest absolute Gasteiger partial charge is 0.291 e. The van der Waals surface area contributed by atoms with E-state index in [-0.39, 0.29) is 22.3 Å². The van der Waals surface area contributed by atoms with Crippen molar-refractivity contribution >= 4 is 48.5 Å². The van der Waals surface area contributed by atoms with E-state index in [1.165, 1.54) is 6.07 Å². The summed E-state index contributed by atoms with van der Waals surface area (Å²) in [4.78, 5) is 14.8. The average Bonchev–Trinajstić information content (AvgIpc) is 3.08. The lowest BCUT2D eigenvalue weighted by atomic mass is 10.2.